The van der Waals surface area contributed by atoms with Crippen molar-refractivity contribution in [2.24, 2.45) is 0 Å². The fourth-order valence-electron chi connectivity index (χ4n) is 2.80. The van der Waals surface area contributed by atoms with Crippen LogP contribution in [0.3, 0.4) is 0 Å². The molecule has 0 spiro atoms. The molecular formula is C16H19NO8. The molecule has 1 aliphatic rings. The number of rotatable bonds is 5. The van der Waals surface area contributed by atoms with E-state index in [-0.39, 0.29) is 30.8 Å². The molecule has 0 bridgehead atoms. The van der Waals surface area contributed by atoms with Gasteiger partial charge < -0.3 is 24.8 Å². The molecule has 0 fully saturated rings. The van der Waals surface area contributed by atoms with Crippen LogP contribution in [0.1, 0.15) is 25.0 Å². The molecule has 0 amide bonds. The standard InChI is InChI=1S/C16H19NO8/c1-3-24-14(22)16(15(23)25-4-2)9-7-12(19)11(18)6-8(9)5-10(17-16)13(20)21/h6-7,10,17-19H,3-5H2,1-2H3,(H,20,21)/t10-/m0/s1. The first kappa shape index (κ1) is 18.5. The van der Waals surface area contributed by atoms with E-state index in [9.17, 15) is 29.7 Å². The molecule has 136 valence electrons. The molecule has 4 N–H and O–H groups in total. The summed E-state index contributed by atoms with van der Waals surface area (Å²) < 4.78 is 9.94. The largest absolute Gasteiger partial charge is 0.504 e. The molecule has 2 rings (SSSR count). The minimum atomic E-state index is -2.26. The van der Waals surface area contributed by atoms with E-state index in [4.69, 9.17) is 9.47 Å². The quantitative estimate of drug-likeness (QED) is 0.327. The summed E-state index contributed by atoms with van der Waals surface area (Å²) in [5.74, 6) is -4.45. The van der Waals surface area contributed by atoms with E-state index in [0.29, 0.717) is 0 Å². The molecular weight excluding hydrogens is 334 g/mol. The maximum atomic E-state index is 12.6. The summed E-state index contributed by atoms with van der Waals surface area (Å²) in [5, 5.41) is 31.4. The first-order chi connectivity index (χ1) is 11.8. The first-order valence-electron chi connectivity index (χ1n) is 7.68. The van der Waals surface area contributed by atoms with E-state index < -0.39 is 41.0 Å². The topological polar surface area (TPSA) is 142 Å². The minimum absolute atomic E-state index is 0.0165. The van der Waals surface area contributed by atoms with Gasteiger partial charge in [-0.15, -0.1) is 0 Å². The van der Waals surface area contributed by atoms with Gasteiger partial charge in [0.25, 0.3) is 0 Å². The van der Waals surface area contributed by atoms with Gasteiger partial charge in [0.2, 0.25) is 5.54 Å². The van der Waals surface area contributed by atoms with Crippen molar-refractivity contribution in [1.29, 1.82) is 0 Å². The van der Waals surface area contributed by atoms with E-state index in [1.165, 1.54) is 13.8 Å². The lowest BCUT2D eigenvalue weighted by atomic mass is 9.79. The maximum absolute atomic E-state index is 12.6. The molecule has 0 saturated heterocycles. The van der Waals surface area contributed by atoms with Crippen molar-refractivity contribution in [1.82, 2.24) is 5.32 Å². The van der Waals surface area contributed by atoms with Crippen molar-refractivity contribution in [3.63, 3.8) is 0 Å². The van der Waals surface area contributed by atoms with Crippen LogP contribution >= 0.6 is 0 Å². The lowest BCUT2D eigenvalue weighted by Crippen LogP contribution is -2.64. The van der Waals surface area contributed by atoms with Gasteiger partial charge in [0.1, 0.15) is 6.04 Å². The molecule has 9 nitrogen and oxygen atoms in total. The lowest BCUT2D eigenvalue weighted by Gasteiger charge is -2.38. The van der Waals surface area contributed by atoms with Crippen LogP contribution in [0.15, 0.2) is 12.1 Å². The second kappa shape index (κ2) is 6.98. The molecule has 1 aromatic carbocycles. The smallest absolute Gasteiger partial charge is 0.342 e. The third kappa shape index (κ3) is 3.10. The van der Waals surface area contributed by atoms with Crippen molar-refractivity contribution < 1.29 is 39.2 Å². The highest BCUT2D eigenvalue weighted by molar-refractivity contribution is 6.07. The number of esters is 2. The van der Waals surface area contributed by atoms with Crippen molar-refractivity contribution in [2.75, 3.05) is 13.2 Å². The van der Waals surface area contributed by atoms with Crippen molar-refractivity contribution >= 4 is 17.9 Å². The van der Waals surface area contributed by atoms with Crippen molar-refractivity contribution in [2.45, 2.75) is 31.8 Å². The number of hydrogen-bond acceptors (Lipinski definition) is 8. The number of phenols is 2. The number of nitrogens with one attached hydrogen (secondary N) is 1. The van der Waals surface area contributed by atoms with Crippen LogP contribution < -0.4 is 5.32 Å². The third-order valence-electron chi connectivity index (χ3n) is 3.88. The molecule has 0 saturated carbocycles. The molecule has 1 aliphatic heterocycles. The van der Waals surface area contributed by atoms with Gasteiger partial charge in [-0.1, -0.05) is 0 Å². The van der Waals surface area contributed by atoms with E-state index in [1.807, 2.05) is 0 Å². The van der Waals surface area contributed by atoms with Gasteiger partial charge in [-0.05, 0) is 38.0 Å². The van der Waals surface area contributed by atoms with Gasteiger partial charge in [0.15, 0.2) is 11.5 Å². The highest BCUT2D eigenvalue weighted by Crippen LogP contribution is 2.39. The zero-order valence-electron chi connectivity index (χ0n) is 13.7. The van der Waals surface area contributed by atoms with Crippen LogP contribution in [0.2, 0.25) is 0 Å². The Kier molecular flexibility index (Phi) is 5.17. The molecule has 9 heteroatoms. The Morgan fingerprint density at radius 3 is 2.12 bits per heavy atom. The Morgan fingerprint density at radius 2 is 1.64 bits per heavy atom. The molecule has 25 heavy (non-hydrogen) atoms. The van der Waals surface area contributed by atoms with Crippen LogP contribution in [0.25, 0.3) is 0 Å². The zero-order chi connectivity index (χ0) is 18.8. The normalized spacial score (nSPS) is 18.1. The number of fused-ring (bicyclic) bond motifs is 1. The zero-order valence-corrected chi connectivity index (χ0v) is 13.7. The molecule has 0 unspecified atom stereocenters. The number of aromatic hydroxyl groups is 2. The SMILES string of the molecule is CCOC(=O)C1(C(=O)OCC)N[C@H](C(=O)O)Cc2cc(O)c(O)cc21. The van der Waals surface area contributed by atoms with Crippen LogP contribution in [0.4, 0.5) is 0 Å². The van der Waals surface area contributed by atoms with Crippen molar-refractivity contribution in [3.05, 3.63) is 23.3 Å². The van der Waals surface area contributed by atoms with Gasteiger partial charge in [-0.2, -0.15) is 0 Å². The molecule has 0 aromatic heterocycles. The van der Waals surface area contributed by atoms with Gasteiger partial charge in [0, 0.05) is 5.56 Å². The van der Waals surface area contributed by atoms with E-state index in [2.05, 4.69) is 5.32 Å². The second-order valence-corrected chi connectivity index (χ2v) is 5.43. The number of carboxylic acids is 1. The predicted octanol–water partition coefficient (Wildman–Crippen LogP) is 0.0182. The van der Waals surface area contributed by atoms with Gasteiger partial charge >= 0.3 is 17.9 Å². The third-order valence-corrected chi connectivity index (χ3v) is 3.88. The Balaban J connectivity index is 2.74. The summed E-state index contributed by atoms with van der Waals surface area (Å²) in [6, 6.07) is 0.850. The molecule has 1 atom stereocenters. The average molecular weight is 353 g/mol. The van der Waals surface area contributed by atoms with Crippen LogP contribution in [0.5, 0.6) is 11.5 Å². The molecule has 0 radical (unpaired) electrons. The van der Waals surface area contributed by atoms with E-state index >= 15 is 0 Å². The van der Waals surface area contributed by atoms with Gasteiger partial charge in [-0.25, -0.2) is 9.59 Å². The van der Waals surface area contributed by atoms with E-state index in [1.54, 1.807) is 0 Å². The second-order valence-electron chi connectivity index (χ2n) is 5.43. The van der Waals surface area contributed by atoms with Gasteiger partial charge in [-0.3, -0.25) is 10.1 Å². The monoisotopic (exact) mass is 353 g/mol. The number of benzene rings is 1. The number of carbonyl (C=O) groups excluding carboxylic acids is 2. The maximum Gasteiger partial charge on any atom is 0.342 e. The molecule has 1 heterocycles. The number of ether oxygens (including phenoxy) is 2. The van der Waals surface area contributed by atoms with E-state index in [0.717, 1.165) is 12.1 Å². The van der Waals surface area contributed by atoms with Crippen LogP contribution in [-0.4, -0.2) is 52.5 Å². The number of aliphatic carboxylic acids is 1. The molecule has 0 aliphatic carbocycles. The fraction of sp³-hybridized carbons (Fsp3) is 0.438. The predicted molar refractivity (Wildman–Crippen MR) is 83.0 cm³/mol. The Morgan fingerprint density at radius 1 is 1.12 bits per heavy atom. The molecule has 1 aromatic rings. The Hall–Kier alpha value is -2.81. The lowest BCUT2D eigenvalue weighted by molar-refractivity contribution is -0.168. The Labute approximate surface area is 143 Å². The summed E-state index contributed by atoms with van der Waals surface area (Å²) in [6.45, 7) is 2.95. The number of phenolic OH excluding ortho intramolecular Hbond substituents is 2. The highest BCUT2D eigenvalue weighted by atomic mass is 16.6. The number of hydrogen-bond donors (Lipinski definition) is 4. The summed E-state index contributed by atoms with van der Waals surface area (Å²) in [5.41, 5.74) is -2.06. The fourth-order valence-corrected chi connectivity index (χ4v) is 2.80. The summed E-state index contributed by atoms with van der Waals surface area (Å²) in [7, 11) is 0. The van der Waals surface area contributed by atoms with Crippen LogP contribution in [0, 0.1) is 0 Å². The van der Waals surface area contributed by atoms with Crippen LogP contribution in [-0.2, 0) is 35.8 Å². The highest BCUT2D eigenvalue weighted by Gasteiger charge is 2.56. The Bertz CT molecular complexity index is 696. The summed E-state index contributed by atoms with van der Waals surface area (Å²) >= 11 is 0. The van der Waals surface area contributed by atoms with Crippen molar-refractivity contribution in [3.8, 4) is 11.5 Å². The van der Waals surface area contributed by atoms with Gasteiger partial charge in [0.05, 0.1) is 13.2 Å². The minimum Gasteiger partial charge on any atom is -0.504 e. The number of carboxylic acid groups (broad SMARTS) is 1. The summed E-state index contributed by atoms with van der Waals surface area (Å²) in [4.78, 5) is 36.8. The first-order valence-corrected chi connectivity index (χ1v) is 7.68. The number of carbonyl (C=O) groups is 3. The summed E-state index contributed by atoms with van der Waals surface area (Å²) in [6.07, 6.45) is -0.112. The average Bonchev–Trinajstić information content (AvgIpc) is 2.55.